The first-order chi connectivity index (χ1) is 10.3. The third-order valence-corrected chi connectivity index (χ3v) is 5.82. The molecule has 1 aromatic rings. The number of rotatable bonds is 5. The van der Waals surface area contributed by atoms with Crippen LogP contribution in [-0.2, 0) is 0 Å². The van der Waals surface area contributed by atoms with Crippen molar-refractivity contribution in [2.75, 3.05) is 0 Å². The van der Waals surface area contributed by atoms with Crippen LogP contribution in [0.3, 0.4) is 0 Å². The maximum atomic E-state index is 9.65. The molecule has 3 saturated carbocycles. The summed E-state index contributed by atoms with van der Waals surface area (Å²) in [6.07, 6.45) is 8.96. The van der Waals surface area contributed by atoms with Gasteiger partial charge in [0.05, 0.1) is 12.1 Å². The van der Waals surface area contributed by atoms with E-state index in [1.807, 2.05) is 4.68 Å². The summed E-state index contributed by atoms with van der Waals surface area (Å²) < 4.78 is 1.97. The second kappa shape index (κ2) is 5.25. The molecule has 3 fully saturated rings. The normalized spacial score (nSPS) is 32.8. The highest BCUT2D eigenvalue weighted by Gasteiger charge is 2.41. The summed E-state index contributed by atoms with van der Waals surface area (Å²) in [6, 6.07) is 3.65. The van der Waals surface area contributed by atoms with Crippen LogP contribution in [0.1, 0.15) is 57.4 Å². The summed E-state index contributed by atoms with van der Waals surface area (Å²) in [5.74, 6) is 0. The van der Waals surface area contributed by atoms with Crippen molar-refractivity contribution in [3.63, 3.8) is 0 Å². The summed E-state index contributed by atoms with van der Waals surface area (Å²) in [7, 11) is 0. The predicted molar refractivity (Wildman–Crippen MR) is 78.7 cm³/mol. The highest BCUT2D eigenvalue weighted by Crippen LogP contribution is 2.42. The SMILES string of the molecule is N#CC1(NC2CC2)CCCC(Sc2nnnn2C2CC2)C1. The Labute approximate surface area is 128 Å². The van der Waals surface area contributed by atoms with Gasteiger partial charge in [0, 0.05) is 11.3 Å². The molecule has 3 aliphatic carbocycles. The van der Waals surface area contributed by atoms with E-state index in [4.69, 9.17) is 0 Å². The second-order valence-electron chi connectivity index (χ2n) is 6.59. The molecule has 0 saturated heterocycles. The van der Waals surface area contributed by atoms with Crippen LogP contribution in [0.5, 0.6) is 0 Å². The van der Waals surface area contributed by atoms with E-state index in [1.54, 1.807) is 11.8 Å². The lowest BCUT2D eigenvalue weighted by Crippen LogP contribution is -2.49. The molecule has 1 heterocycles. The fourth-order valence-electron chi connectivity index (χ4n) is 3.17. The Bertz CT molecular complexity index is 558. The Balaban J connectivity index is 1.44. The standard InChI is InChI=1S/C14H20N6S/c15-9-14(16-10-3-4-10)7-1-2-12(8-14)21-13-17-18-19-20(13)11-5-6-11/h10-12,16H,1-8H2. The van der Waals surface area contributed by atoms with E-state index in [9.17, 15) is 5.26 Å². The molecular weight excluding hydrogens is 284 g/mol. The zero-order valence-corrected chi connectivity index (χ0v) is 12.8. The number of aromatic nitrogens is 4. The minimum Gasteiger partial charge on any atom is -0.297 e. The summed E-state index contributed by atoms with van der Waals surface area (Å²) >= 11 is 1.77. The number of nitriles is 1. The van der Waals surface area contributed by atoms with Gasteiger partial charge in [0.25, 0.3) is 0 Å². The molecule has 2 unspecified atom stereocenters. The van der Waals surface area contributed by atoms with E-state index < -0.39 is 0 Å². The first-order valence-electron chi connectivity index (χ1n) is 7.91. The molecule has 0 aliphatic heterocycles. The van der Waals surface area contributed by atoms with Crippen molar-refractivity contribution in [1.29, 1.82) is 5.26 Å². The molecule has 112 valence electrons. The first kappa shape index (κ1) is 13.5. The molecule has 21 heavy (non-hydrogen) atoms. The second-order valence-corrected chi connectivity index (χ2v) is 7.85. The Morgan fingerprint density at radius 2 is 2.14 bits per heavy atom. The number of hydrogen-bond donors (Lipinski definition) is 1. The minimum absolute atomic E-state index is 0.324. The molecule has 1 aromatic heterocycles. The molecular formula is C14H20N6S. The molecule has 2 atom stereocenters. The minimum atomic E-state index is -0.324. The van der Waals surface area contributed by atoms with Crippen LogP contribution >= 0.6 is 11.8 Å². The van der Waals surface area contributed by atoms with Crippen molar-refractivity contribution in [3.8, 4) is 6.07 Å². The average molecular weight is 304 g/mol. The van der Waals surface area contributed by atoms with Crippen molar-refractivity contribution in [2.24, 2.45) is 0 Å². The van der Waals surface area contributed by atoms with Crippen LogP contribution in [0.25, 0.3) is 0 Å². The van der Waals surface area contributed by atoms with Crippen molar-refractivity contribution >= 4 is 11.8 Å². The molecule has 4 rings (SSSR count). The topological polar surface area (TPSA) is 79.4 Å². The van der Waals surface area contributed by atoms with Gasteiger partial charge in [-0.25, -0.2) is 4.68 Å². The van der Waals surface area contributed by atoms with Crippen LogP contribution in [0.4, 0.5) is 0 Å². The highest BCUT2D eigenvalue weighted by molar-refractivity contribution is 7.99. The van der Waals surface area contributed by atoms with Crippen LogP contribution < -0.4 is 5.32 Å². The molecule has 6 nitrogen and oxygen atoms in total. The van der Waals surface area contributed by atoms with Gasteiger partial charge in [-0.3, -0.25) is 5.32 Å². The molecule has 0 amide bonds. The van der Waals surface area contributed by atoms with Crippen LogP contribution in [0, 0.1) is 11.3 Å². The van der Waals surface area contributed by atoms with Crippen LogP contribution in [0.2, 0.25) is 0 Å². The van der Waals surface area contributed by atoms with E-state index in [0.29, 0.717) is 17.3 Å². The smallest absolute Gasteiger partial charge is 0.209 e. The predicted octanol–water partition coefficient (Wildman–Crippen LogP) is 2.06. The molecule has 0 bridgehead atoms. The Hall–Kier alpha value is -1.13. The molecule has 1 N–H and O–H groups in total. The summed E-state index contributed by atoms with van der Waals surface area (Å²) in [4.78, 5) is 0. The average Bonchev–Trinajstić information content (AvgIpc) is 3.42. The Morgan fingerprint density at radius 1 is 1.29 bits per heavy atom. The Morgan fingerprint density at radius 3 is 2.86 bits per heavy atom. The number of thioether (sulfide) groups is 1. The maximum absolute atomic E-state index is 9.65. The van der Waals surface area contributed by atoms with Crippen LogP contribution in [0.15, 0.2) is 5.16 Å². The van der Waals surface area contributed by atoms with Gasteiger partial charge in [-0.1, -0.05) is 11.8 Å². The van der Waals surface area contributed by atoms with Gasteiger partial charge >= 0.3 is 0 Å². The zero-order valence-electron chi connectivity index (χ0n) is 12.0. The fourth-order valence-corrected chi connectivity index (χ4v) is 4.50. The largest absolute Gasteiger partial charge is 0.297 e. The summed E-state index contributed by atoms with van der Waals surface area (Å²) in [5.41, 5.74) is -0.324. The van der Waals surface area contributed by atoms with Gasteiger partial charge in [-0.2, -0.15) is 5.26 Å². The third kappa shape index (κ3) is 2.92. The van der Waals surface area contributed by atoms with Crippen molar-refractivity contribution in [3.05, 3.63) is 0 Å². The first-order valence-corrected chi connectivity index (χ1v) is 8.79. The molecule has 7 heteroatoms. The van der Waals surface area contributed by atoms with E-state index in [1.165, 1.54) is 25.7 Å². The molecule has 3 aliphatic rings. The molecule has 0 radical (unpaired) electrons. The quantitative estimate of drug-likeness (QED) is 0.897. The lowest BCUT2D eigenvalue weighted by molar-refractivity contribution is 0.301. The molecule has 0 spiro atoms. The number of nitrogens with one attached hydrogen (secondary N) is 1. The van der Waals surface area contributed by atoms with E-state index in [2.05, 4.69) is 26.9 Å². The lowest BCUT2D eigenvalue weighted by atomic mass is 9.82. The number of tetrazole rings is 1. The van der Waals surface area contributed by atoms with Gasteiger partial charge in [0.1, 0.15) is 5.54 Å². The van der Waals surface area contributed by atoms with Gasteiger partial charge in [-0.05, 0) is 61.8 Å². The summed E-state index contributed by atoms with van der Waals surface area (Å²) in [6.45, 7) is 0. The van der Waals surface area contributed by atoms with Gasteiger partial charge < -0.3 is 0 Å². The highest BCUT2D eigenvalue weighted by atomic mass is 32.2. The van der Waals surface area contributed by atoms with Crippen molar-refractivity contribution in [1.82, 2.24) is 25.5 Å². The fraction of sp³-hybridized carbons (Fsp3) is 0.857. The zero-order chi connectivity index (χ0) is 14.3. The molecule has 0 aromatic carbocycles. The van der Waals surface area contributed by atoms with E-state index >= 15 is 0 Å². The van der Waals surface area contributed by atoms with Crippen molar-refractivity contribution in [2.45, 2.75) is 79.4 Å². The third-order valence-electron chi connectivity index (χ3n) is 4.61. The Kier molecular flexibility index (Phi) is 3.38. The number of nitrogens with zero attached hydrogens (tertiary/aromatic N) is 5. The van der Waals surface area contributed by atoms with E-state index in [-0.39, 0.29) is 5.54 Å². The van der Waals surface area contributed by atoms with Gasteiger partial charge in [-0.15, -0.1) is 5.10 Å². The number of hydrogen-bond acceptors (Lipinski definition) is 6. The van der Waals surface area contributed by atoms with Gasteiger partial charge in [0.2, 0.25) is 5.16 Å². The van der Waals surface area contributed by atoms with Crippen LogP contribution in [-0.4, -0.2) is 37.0 Å². The lowest BCUT2D eigenvalue weighted by Gasteiger charge is -2.36. The van der Waals surface area contributed by atoms with E-state index in [0.717, 1.165) is 30.8 Å². The summed E-state index contributed by atoms with van der Waals surface area (Å²) in [5, 5.41) is 26.7. The van der Waals surface area contributed by atoms with Gasteiger partial charge in [0.15, 0.2) is 0 Å². The maximum Gasteiger partial charge on any atom is 0.209 e. The monoisotopic (exact) mass is 304 g/mol. The van der Waals surface area contributed by atoms with Crippen molar-refractivity contribution < 1.29 is 0 Å².